The molecular weight excluding hydrogens is 518 g/mol. The van der Waals surface area contributed by atoms with Gasteiger partial charge in [0.1, 0.15) is 17.2 Å². The van der Waals surface area contributed by atoms with Crippen molar-refractivity contribution >= 4 is 24.1 Å². The molecule has 0 saturated carbocycles. The number of carbonyl (C=O) groups excluding carboxylic acids is 3. The van der Waals surface area contributed by atoms with Crippen molar-refractivity contribution in [3.05, 3.63) is 23.8 Å². The van der Waals surface area contributed by atoms with Crippen LogP contribution in [0.4, 0.5) is 4.79 Å². The third-order valence-corrected chi connectivity index (χ3v) is 6.99. The number of carbonyl (C=O) groups is 4. The Bertz CT molecular complexity index is 1020. The molecule has 40 heavy (non-hydrogen) atoms. The van der Waals surface area contributed by atoms with Crippen LogP contribution in [-0.4, -0.2) is 46.4 Å². The molecule has 4 atom stereocenters. The lowest BCUT2D eigenvalue weighted by atomic mass is 9.86. The summed E-state index contributed by atoms with van der Waals surface area (Å²) in [6.45, 7) is 14.7. The quantitative estimate of drug-likeness (QED) is 0.185. The summed E-state index contributed by atoms with van der Waals surface area (Å²) in [5.41, 5.74) is 4.18. The van der Waals surface area contributed by atoms with Crippen LogP contribution in [0.3, 0.4) is 0 Å². The Hall–Kier alpha value is -3.14. The molecule has 0 bridgehead atoms. The van der Waals surface area contributed by atoms with E-state index in [1.54, 1.807) is 19.9 Å². The molecule has 0 heterocycles. The van der Waals surface area contributed by atoms with E-state index in [1.807, 2.05) is 34.6 Å². The Morgan fingerprint density at radius 1 is 0.900 bits per heavy atom. The SMILES string of the molecule is CCC(C)CC(=O)Oc1ccc(CC(N)(C[C@H](C)OC(=O)OC(C)(C)CC)C(=O)O)cc1OC(=O)CC(C)CC. The molecule has 0 spiro atoms. The van der Waals surface area contributed by atoms with E-state index < -0.39 is 41.3 Å². The second-order valence-corrected chi connectivity index (χ2v) is 11.4. The minimum absolute atomic E-state index is 0.00529. The van der Waals surface area contributed by atoms with Gasteiger partial charge in [-0.25, -0.2) is 4.79 Å². The highest BCUT2D eigenvalue weighted by Crippen LogP contribution is 2.32. The molecule has 1 aromatic carbocycles. The molecule has 1 aromatic rings. The Balaban J connectivity index is 3.19. The zero-order valence-corrected chi connectivity index (χ0v) is 25.2. The molecule has 0 saturated heterocycles. The molecule has 0 radical (unpaired) electrons. The van der Waals surface area contributed by atoms with Gasteiger partial charge in [-0.15, -0.1) is 0 Å². The maximum atomic E-state index is 12.6. The standard InChI is InChI=1S/C30H47NO9/c1-9-19(4)14-25(32)38-23-13-12-22(16-24(23)39-26(33)15-20(5)10-2)18-30(31,27(34)35)17-21(6)37-28(36)40-29(7,8)11-3/h12-13,16,19-21H,9-11,14-15,17-18,31H2,1-8H3,(H,34,35)/t19?,20?,21-,30?/m0/s1. The second kappa shape index (κ2) is 15.6. The first-order chi connectivity index (χ1) is 18.5. The number of carboxylic acid groups (broad SMARTS) is 1. The summed E-state index contributed by atoms with van der Waals surface area (Å²) < 4.78 is 21.6. The molecule has 10 heteroatoms. The fourth-order valence-corrected chi connectivity index (χ4v) is 3.65. The van der Waals surface area contributed by atoms with Crippen LogP contribution in [0.25, 0.3) is 0 Å². The van der Waals surface area contributed by atoms with Crippen LogP contribution in [0, 0.1) is 11.8 Å². The number of hydrogen-bond donors (Lipinski definition) is 2. The van der Waals surface area contributed by atoms with Crippen molar-refractivity contribution in [2.75, 3.05) is 0 Å². The number of rotatable bonds is 16. The molecule has 0 aliphatic rings. The average molecular weight is 566 g/mol. The first-order valence-electron chi connectivity index (χ1n) is 14.0. The van der Waals surface area contributed by atoms with Gasteiger partial charge in [0.25, 0.3) is 0 Å². The summed E-state index contributed by atoms with van der Waals surface area (Å²) in [6.07, 6.45) is 0.344. The summed E-state index contributed by atoms with van der Waals surface area (Å²) >= 11 is 0. The summed E-state index contributed by atoms with van der Waals surface area (Å²) in [6, 6.07) is 4.47. The number of nitrogens with two attached hydrogens (primary N) is 1. The third kappa shape index (κ3) is 11.9. The van der Waals surface area contributed by atoms with Crippen LogP contribution in [0.1, 0.15) is 99.5 Å². The Morgan fingerprint density at radius 3 is 1.90 bits per heavy atom. The fraction of sp³-hybridized carbons (Fsp3) is 0.667. The predicted molar refractivity (Wildman–Crippen MR) is 150 cm³/mol. The van der Waals surface area contributed by atoms with E-state index in [4.69, 9.17) is 24.7 Å². The Labute approximate surface area is 237 Å². The maximum Gasteiger partial charge on any atom is 0.509 e. The monoisotopic (exact) mass is 565 g/mol. The minimum atomic E-state index is -1.83. The fourth-order valence-electron chi connectivity index (χ4n) is 3.65. The van der Waals surface area contributed by atoms with Crippen LogP contribution in [0.5, 0.6) is 11.5 Å². The number of hydrogen-bond acceptors (Lipinski definition) is 9. The number of ether oxygens (including phenoxy) is 4. The van der Waals surface area contributed by atoms with Crippen molar-refractivity contribution in [2.24, 2.45) is 17.6 Å². The lowest BCUT2D eigenvalue weighted by molar-refractivity contribution is -0.145. The van der Waals surface area contributed by atoms with Crippen LogP contribution < -0.4 is 15.2 Å². The smallest absolute Gasteiger partial charge is 0.480 e. The topological polar surface area (TPSA) is 151 Å². The molecule has 0 aliphatic carbocycles. The van der Waals surface area contributed by atoms with Gasteiger partial charge >= 0.3 is 24.1 Å². The van der Waals surface area contributed by atoms with Crippen molar-refractivity contribution in [1.82, 2.24) is 0 Å². The second-order valence-electron chi connectivity index (χ2n) is 11.4. The average Bonchev–Trinajstić information content (AvgIpc) is 2.84. The van der Waals surface area contributed by atoms with Crippen molar-refractivity contribution in [3.63, 3.8) is 0 Å². The first-order valence-corrected chi connectivity index (χ1v) is 14.0. The van der Waals surface area contributed by atoms with Gasteiger partial charge in [-0.3, -0.25) is 14.4 Å². The van der Waals surface area contributed by atoms with E-state index in [1.165, 1.54) is 19.1 Å². The lowest BCUT2D eigenvalue weighted by Crippen LogP contribution is -2.52. The number of aliphatic carboxylic acids is 1. The maximum absolute atomic E-state index is 12.6. The van der Waals surface area contributed by atoms with E-state index in [0.717, 1.165) is 12.8 Å². The molecular formula is C30H47NO9. The van der Waals surface area contributed by atoms with Gasteiger partial charge in [0, 0.05) is 25.7 Å². The van der Waals surface area contributed by atoms with Gasteiger partial charge in [0.05, 0.1) is 0 Å². The lowest BCUT2D eigenvalue weighted by Gasteiger charge is -2.29. The molecule has 0 amide bonds. The molecule has 0 aliphatic heterocycles. The molecule has 1 rings (SSSR count). The van der Waals surface area contributed by atoms with Crippen molar-refractivity contribution in [1.29, 1.82) is 0 Å². The van der Waals surface area contributed by atoms with Gasteiger partial charge in [-0.05, 0) is 56.7 Å². The number of esters is 2. The van der Waals surface area contributed by atoms with Crippen LogP contribution in [-0.2, 0) is 30.3 Å². The van der Waals surface area contributed by atoms with E-state index >= 15 is 0 Å². The normalized spacial score (nSPS) is 15.2. The summed E-state index contributed by atoms with van der Waals surface area (Å²) in [4.78, 5) is 49.4. The molecule has 0 aromatic heterocycles. The zero-order chi connectivity index (χ0) is 30.7. The third-order valence-electron chi connectivity index (χ3n) is 6.99. The number of carboxylic acids is 1. The summed E-state index contributed by atoms with van der Waals surface area (Å²) in [7, 11) is 0. The van der Waals surface area contributed by atoms with E-state index in [2.05, 4.69) is 0 Å². The van der Waals surface area contributed by atoms with Gasteiger partial charge in [-0.1, -0.05) is 53.5 Å². The number of benzene rings is 1. The highest BCUT2D eigenvalue weighted by molar-refractivity contribution is 5.79. The van der Waals surface area contributed by atoms with Gasteiger partial charge in [-0.2, -0.15) is 0 Å². The summed E-state index contributed by atoms with van der Waals surface area (Å²) in [5.74, 6) is -2.00. The van der Waals surface area contributed by atoms with E-state index in [9.17, 15) is 24.3 Å². The first kappa shape index (κ1) is 34.9. The highest BCUT2D eigenvalue weighted by Gasteiger charge is 2.38. The minimum Gasteiger partial charge on any atom is -0.480 e. The summed E-state index contributed by atoms with van der Waals surface area (Å²) in [5, 5.41) is 9.97. The molecule has 10 nitrogen and oxygen atoms in total. The Kier molecular flexibility index (Phi) is 13.6. The van der Waals surface area contributed by atoms with Crippen molar-refractivity contribution < 1.29 is 43.2 Å². The van der Waals surface area contributed by atoms with Gasteiger partial charge in [0.15, 0.2) is 11.5 Å². The van der Waals surface area contributed by atoms with E-state index in [-0.39, 0.29) is 49.0 Å². The van der Waals surface area contributed by atoms with E-state index in [0.29, 0.717) is 12.0 Å². The molecule has 226 valence electrons. The van der Waals surface area contributed by atoms with Crippen molar-refractivity contribution in [3.8, 4) is 11.5 Å². The molecule has 3 N–H and O–H groups in total. The zero-order valence-electron chi connectivity index (χ0n) is 25.2. The molecule has 3 unspecified atom stereocenters. The molecule has 0 fully saturated rings. The Morgan fingerprint density at radius 2 is 1.43 bits per heavy atom. The predicted octanol–water partition coefficient (Wildman–Crippen LogP) is 5.81. The van der Waals surface area contributed by atoms with Crippen LogP contribution in [0.2, 0.25) is 0 Å². The van der Waals surface area contributed by atoms with Gasteiger partial charge < -0.3 is 29.8 Å². The highest BCUT2D eigenvalue weighted by atomic mass is 16.7. The van der Waals surface area contributed by atoms with Gasteiger partial charge in [0.2, 0.25) is 0 Å². The van der Waals surface area contributed by atoms with Crippen LogP contribution >= 0.6 is 0 Å². The van der Waals surface area contributed by atoms with Crippen LogP contribution in [0.15, 0.2) is 18.2 Å². The largest absolute Gasteiger partial charge is 0.509 e. The van der Waals surface area contributed by atoms with Crippen molar-refractivity contribution in [2.45, 2.75) is 118 Å².